The average molecular weight is 180 g/mol. The Morgan fingerprint density at radius 1 is 1.38 bits per heavy atom. The van der Waals surface area contributed by atoms with Crippen LogP contribution in [-0.2, 0) is 6.42 Å². The molecular formula is C11H16O2. The Labute approximate surface area is 79.2 Å². The first-order valence-corrected chi connectivity index (χ1v) is 4.69. The van der Waals surface area contributed by atoms with Crippen LogP contribution in [0.25, 0.3) is 0 Å². The van der Waals surface area contributed by atoms with Crippen molar-refractivity contribution in [1.29, 1.82) is 0 Å². The van der Waals surface area contributed by atoms with Crippen molar-refractivity contribution in [2.75, 3.05) is 13.2 Å². The normalized spacial score (nSPS) is 10.0. The first kappa shape index (κ1) is 10.1. The van der Waals surface area contributed by atoms with E-state index in [9.17, 15) is 0 Å². The predicted octanol–water partition coefficient (Wildman–Crippen LogP) is 2.01. The molecule has 0 saturated heterocycles. The van der Waals surface area contributed by atoms with Gasteiger partial charge in [0.1, 0.15) is 5.75 Å². The van der Waals surface area contributed by atoms with Crippen LogP contribution in [0.4, 0.5) is 0 Å². The molecule has 0 aliphatic carbocycles. The molecular weight excluding hydrogens is 164 g/mol. The highest BCUT2D eigenvalue weighted by Gasteiger charge is 1.95. The van der Waals surface area contributed by atoms with Crippen molar-refractivity contribution in [1.82, 2.24) is 0 Å². The Morgan fingerprint density at radius 3 is 2.92 bits per heavy atom. The molecule has 0 spiro atoms. The van der Waals surface area contributed by atoms with Gasteiger partial charge in [-0.1, -0.05) is 19.1 Å². The first-order chi connectivity index (χ1) is 6.36. The molecule has 0 bridgehead atoms. The van der Waals surface area contributed by atoms with E-state index in [2.05, 4.69) is 6.92 Å². The van der Waals surface area contributed by atoms with Crippen molar-refractivity contribution in [2.45, 2.75) is 19.8 Å². The van der Waals surface area contributed by atoms with Crippen molar-refractivity contribution >= 4 is 0 Å². The van der Waals surface area contributed by atoms with E-state index in [0.717, 1.165) is 24.3 Å². The van der Waals surface area contributed by atoms with E-state index in [0.29, 0.717) is 6.42 Å². The molecule has 0 heterocycles. The van der Waals surface area contributed by atoms with Gasteiger partial charge in [-0.2, -0.15) is 0 Å². The van der Waals surface area contributed by atoms with Gasteiger partial charge in [0.05, 0.1) is 6.61 Å². The van der Waals surface area contributed by atoms with Gasteiger partial charge in [0.2, 0.25) is 0 Å². The van der Waals surface area contributed by atoms with Crippen LogP contribution in [0.15, 0.2) is 24.3 Å². The standard InChI is InChI=1S/C11H16O2/c1-2-8-13-11-5-3-4-10(9-11)6-7-12/h3-5,9,12H,2,6-8H2,1H3. The third-order valence-corrected chi connectivity index (χ3v) is 1.77. The minimum atomic E-state index is 0.192. The summed E-state index contributed by atoms with van der Waals surface area (Å²) in [6.45, 7) is 3.03. The maximum Gasteiger partial charge on any atom is 0.119 e. The molecule has 0 amide bonds. The smallest absolute Gasteiger partial charge is 0.119 e. The predicted molar refractivity (Wildman–Crippen MR) is 53.0 cm³/mol. The van der Waals surface area contributed by atoms with Crippen LogP contribution < -0.4 is 4.74 Å². The highest BCUT2D eigenvalue weighted by molar-refractivity contribution is 5.28. The molecule has 13 heavy (non-hydrogen) atoms. The Hall–Kier alpha value is -1.02. The van der Waals surface area contributed by atoms with Gasteiger partial charge in [-0.15, -0.1) is 0 Å². The SMILES string of the molecule is CCCOc1cccc(CCO)c1. The molecule has 0 saturated carbocycles. The minimum Gasteiger partial charge on any atom is -0.494 e. The molecule has 0 unspecified atom stereocenters. The lowest BCUT2D eigenvalue weighted by atomic mass is 10.1. The number of ether oxygens (including phenoxy) is 1. The van der Waals surface area contributed by atoms with Crippen molar-refractivity contribution in [2.24, 2.45) is 0 Å². The number of aliphatic hydroxyl groups is 1. The molecule has 2 nitrogen and oxygen atoms in total. The zero-order chi connectivity index (χ0) is 9.52. The third kappa shape index (κ3) is 3.47. The van der Waals surface area contributed by atoms with Crippen molar-refractivity contribution in [3.63, 3.8) is 0 Å². The van der Waals surface area contributed by atoms with Gasteiger partial charge in [0.15, 0.2) is 0 Å². The van der Waals surface area contributed by atoms with Gasteiger partial charge >= 0.3 is 0 Å². The molecule has 0 radical (unpaired) electrons. The van der Waals surface area contributed by atoms with Gasteiger partial charge in [-0.25, -0.2) is 0 Å². The van der Waals surface area contributed by atoms with Gasteiger partial charge in [0.25, 0.3) is 0 Å². The maximum atomic E-state index is 8.75. The Morgan fingerprint density at radius 2 is 2.23 bits per heavy atom. The molecule has 0 fully saturated rings. The van der Waals surface area contributed by atoms with Gasteiger partial charge in [-0.05, 0) is 30.5 Å². The van der Waals surface area contributed by atoms with Crippen LogP contribution in [-0.4, -0.2) is 18.3 Å². The number of aliphatic hydroxyl groups excluding tert-OH is 1. The summed E-state index contributed by atoms with van der Waals surface area (Å²) in [7, 11) is 0. The quantitative estimate of drug-likeness (QED) is 0.751. The first-order valence-electron chi connectivity index (χ1n) is 4.69. The van der Waals surface area contributed by atoms with Crippen LogP contribution in [0.2, 0.25) is 0 Å². The molecule has 1 aromatic rings. The molecule has 1 aromatic carbocycles. The van der Waals surface area contributed by atoms with E-state index in [4.69, 9.17) is 9.84 Å². The van der Waals surface area contributed by atoms with E-state index in [1.807, 2.05) is 24.3 Å². The van der Waals surface area contributed by atoms with Crippen LogP contribution >= 0.6 is 0 Å². The summed E-state index contributed by atoms with van der Waals surface area (Å²) in [5.41, 5.74) is 1.12. The van der Waals surface area contributed by atoms with Gasteiger partial charge < -0.3 is 9.84 Å². The second kappa shape index (κ2) is 5.60. The summed E-state index contributed by atoms with van der Waals surface area (Å²) >= 11 is 0. The van der Waals surface area contributed by atoms with Gasteiger partial charge in [-0.3, -0.25) is 0 Å². The third-order valence-electron chi connectivity index (χ3n) is 1.77. The summed E-state index contributed by atoms with van der Waals surface area (Å²) in [4.78, 5) is 0. The summed E-state index contributed by atoms with van der Waals surface area (Å²) in [6.07, 6.45) is 1.72. The topological polar surface area (TPSA) is 29.5 Å². The van der Waals surface area contributed by atoms with Crippen molar-refractivity contribution < 1.29 is 9.84 Å². The zero-order valence-corrected chi connectivity index (χ0v) is 7.99. The summed E-state index contributed by atoms with van der Waals surface area (Å²) in [5.74, 6) is 0.896. The summed E-state index contributed by atoms with van der Waals surface area (Å²) in [5, 5.41) is 8.75. The lowest BCUT2D eigenvalue weighted by Gasteiger charge is -2.05. The van der Waals surface area contributed by atoms with Crippen molar-refractivity contribution in [3.8, 4) is 5.75 Å². The molecule has 1 rings (SSSR count). The fourth-order valence-corrected chi connectivity index (χ4v) is 1.14. The van der Waals surface area contributed by atoms with Crippen LogP contribution in [0, 0.1) is 0 Å². The highest BCUT2D eigenvalue weighted by atomic mass is 16.5. The molecule has 2 heteroatoms. The Bertz CT molecular complexity index is 246. The van der Waals surface area contributed by atoms with E-state index in [1.54, 1.807) is 0 Å². The van der Waals surface area contributed by atoms with E-state index < -0.39 is 0 Å². The van der Waals surface area contributed by atoms with E-state index in [1.165, 1.54) is 0 Å². The fraction of sp³-hybridized carbons (Fsp3) is 0.455. The minimum absolute atomic E-state index is 0.192. The number of hydrogen-bond acceptors (Lipinski definition) is 2. The summed E-state index contributed by atoms with van der Waals surface area (Å²) < 4.78 is 5.46. The molecule has 72 valence electrons. The molecule has 1 N–H and O–H groups in total. The average Bonchev–Trinajstić information content (AvgIpc) is 2.16. The van der Waals surface area contributed by atoms with E-state index in [-0.39, 0.29) is 6.61 Å². The number of rotatable bonds is 5. The van der Waals surface area contributed by atoms with Crippen LogP contribution in [0.1, 0.15) is 18.9 Å². The highest BCUT2D eigenvalue weighted by Crippen LogP contribution is 2.13. The largest absolute Gasteiger partial charge is 0.494 e. The summed E-state index contributed by atoms with van der Waals surface area (Å²) in [6, 6.07) is 7.87. The lowest BCUT2D eigenvalue weighted by molar-refractivity contribution is 0.298. The van der Waals surface area contributed by atoms with Gasteiger partial charge in [0, 0.05) is 6.61 Å². The molecule has 0 aliphatic heterocycles. The lowest BCUT2D eigenvalue weighted by Crippen LogP contribution is -1.96. The van der Waals surface area contributed by atoms with E-state index >= 15 is 0 Å². The van der Waals surface area contributed by atoms with Crippen molar-refractivity contribution in [3.05, 3.63) is 29.8 Å². The molecule has 0 atom stereocenters. The Kier molecular flexibility index (Phi) is 4.33. The fourth-order valence-electron chi connectivity index (χ4n) is 1.14. The maximum absolute atomic E-state index is 8.75. The zero-order valence-electron chi connectivity index (χ0n) is 7.99. The van der Waals surface area contributed by atoms with Crippen LogP contribution in [0.5, 0.6) is 5.75 Å². The molecule has 0 aromatic heterocycles. The number of hydrogen-bond donors (Lipinski definition) is 1. The molecule has 0 aliphatic rings. The second-order valence-corrected chi connectivity index (χ2v) is 2.97. The Balaban J connectivity index is 2.56. The van der Waals surface area contributed by atoms with Crippen LogP contribution in [0.3, 0.4) is 0 Å². The number of benzene rings is 1. The monoisotopic (exact) mass is 180 g/mol. The second-order valence-electron chi connectivity index (χ2n) is 2.97.